The zero-order valence-electron chi connectivity index (χ0n) is 8.68. The molecule has 2 rings (SSSR count). The molecule has 0 bridgehead atoms. The van der Waals surface area contributed by atoms with E-state index >= 15 is 0 Å². The molecule has 2 heterocycles. The summed E-state index contributed by atoms with van der Waals surface area (Å²) in [5.41, 5.74) is 2.59. The van der Waals surface area contributed by atoms with Gasteiger partial charge in [0.15, 0.2) is 5.15 Å². The topological polar surface area (TPSA) is 47.8 Å². The molecule has 16 heavy (non-hydrogen) atoms. The minimum atomic E-state index is -0.244. The first-order chi connectivity index (χ1) is 7.68. The van der Waals surface area contributed by atoms with Crippen molar-refractivity contribution in [3.8, 4) is 0 Å². The van der Waals surface area contributed by atoms with Gasteiger partial charge in [0.25, 0.3) is 5.56 Å². The Morgan fingerprint density at radius 3 is 3.00 bits per heavy atom. The van der Waals surface area contributed by atoms with Crippen LogP contribution in [0.15, 0.2) is 22.7 Å². The van der Waals surface area contributed by atoms with Crippen molar-refractivity contribution in [2.45, 2.75) is 19.9 Å². The van der Waals surface area contributed by atoms with E-state index in [1.807, 2.05) is 12.4 Å². The average molecular weight is 256 g/mol. The van der Waals surface area contributed by atoms with E-state index in [-0.39, 0.29) is 10.7 Å². The van der Waals surface area contributed by atoms with Gasteiger partial charge in [0, 0.05) is 30.2 Å². The molecule has 0 N–H and O–H groups in total. The van der Waals surface area contributed by atoms with Crippen LogP contribution in [0.1, 0.15) is 10.6 Å². The van der Waals surface area contributed by atoms with Gasteiger partial charge in [0.2, 0.25) is 0 Å². The smallest absolute Gasteiger partial charge is 0.288 e. The quantitative estimate of drug-likeness (QED) is 0.842. The van der Waals surface area contributed by atoms with Crippen molar-refractivity contribution < 1.29 is 0 Å². The third-order valence-electron chi connectivity index (χ3n) is 2.30. The van der Waals surface area contributed by atoms with Gasteiger partial charge in [-0.3, -0.25) is 4.79 Å². The van der Waals surface area contributed by atoms with E-state index < -0.39 is 0 Å². The Labute approximate surface area is 102 Å². The zero-order valence-corrected chi connectivity index (χ0v) is 10.3. The lowest BCUT2D eigenvalue weighted by atomic mass is 10.3. The van der Waals surface area contributed by atoms with Gasteiger partial charge in [-0.1, -0.05) is 11.6 Å². The highest BCUT2D eigenvalue weighted by Crippen LogP contribution is 2.13. The molecular formula is C10H10ClN3OS. The van der Waals surface area contributed by atoms with Gasteiger partial charge in [0.05, 0.1) is 11.2 Å². The molecule has 0 aromatic carbocycles. The van der Waals surface area contributed by atoms with Crippen LogP contribution in [0.4, 0.5) is 0 Å². The van der Waals surface area contributed by atoms with Crippen LogP contribution >= 0.6 is 22.9 Å². The minimum absolute atomic E-state index is 0.0172. The molecule has 84 valence electrons. The maximum absolute atomic E-state index is 11.6. The first-order valence-electron chi connectivity index (χ1n) is 4.78. The van der Waals surface area contributed by atoms with E-state index in [1.54, 1.807) is 22.1 Å². The minimum Gasteiger partial charge on any atom is -0.311 e. The van der Waals surface area contributed by atoms with Crippen molar-refractivity contribution in [1.82, 2.24) is 14.5 Å². The lowest BCUT2D eigenvalue weighted by molar-refractivity contribution is 0.665. The third kappa shape index (κ3) is 2.31. The van der Waals surface area contributed by atoms with E-state index in [0.717, 1.165) is 12.1 Å². The summed E-state index contributed by atoms with van der Waals surface area (Å²) < 4.78 is 1.56. The van der Waals surface area contributed by atoms with Crippen molar-refractivity contribution in [3.05, 3.63) is 44.0 Å². The Hall–Kier alpha value is -1.20. The molecule has 0 amide bonds. The van der Waals surface area contributed by atoms with Crippen LogP contribution in [-0.4, -0.2) is 14.5 Å². The Morgan fingerprint density at radius 1 is 1.50 bits per heavy atom. The fourth-order valence-corrected chi connectivity index (χ4v) is 2.32. The number of hydrogen-bond donors (Lipinski definition) is 0. The highest BCUT2D eigenvalue weighted by molar-refractivity contribution is 7.09. The molecular weight excluding hydrogens is 246 g/mol. The standard InChI is InChI=1S/C10H10ClN3OS/c1-7-8(16-6-13-7)2-4-14-5-3-12-9(11)10(14)15/h3,5-6H,2,4H2,1H3. The summed E-state index contributed by atoms with van der Waals surface area (Å²) in [6.07, 6.45) is 3.96. The van der Waals surface area contributed by atoms with Crippen LogP contribution in [-0.2, 0) is 13.0 Å². The molecule has 2 aromatic rings. The fourth-order valence-electron chi connectivity index (χ4n) is 1.38. The second-order valence-corrected chi connectivity index (χ2v) is 4.62. The number of nitrogens with zero attached hydrogens (tertiary/aromatic N) is 3. The summed E-state index contributed by atoms with van der Waals surface area (Å²) in [5, 5.41) is 0.0172. The van der Waals surface area contributed by atoms with Crippen LogP contribution in [0.25, 0.3) is 0 Å². The second-order valence-electron chi connectivity index (χ2n) is 3.33. The third-order valence-corrected chi connectivity index (χ3v) is 3.55. The normalized spacial score (nSPS) is 10.6. The number of aromatic nitrogens is 3. The second kappa shape index (κ2) is 4.76. The molecule has 0 unspecified atom stereocenters. The lowest BCUT2D eigenvalue weighted by Crippen LogP contribution is -2.21. The average Bonchev–Trinajstić information content (AvgIpc) is 2.67. The first kappa shape index (κ1) is 11.3. The molecule has 0 aliphatic heterocycles. The molecule has 0 saturated carbocycles. The highest BCUT2D eigenvalue weighted by Gasteiger charge is 2.04. The summed E-state index contributed by atoms with van der Waals surface area (Å²) >= 11 is 7.26. The van der Waals surface area contributed by atoms with Crippen LogP contribution in [0.5, 0.6) is 0 Å². The first-order valence-corrected chi connectivity index (χ1v) is 6.04. The molecule has 2 aromatic heterocycles. The van der Waals surface area contributed by atoms with Crippen LogP contribution in [0.3, 0.4) is 0 Å². The molecule has 0 atom stereocenters. The molecule has 0 fully saturated rings. The highest BCUT2D eigenvalue weighted by atomic mass is 35.5. The molecule has 0 saturated heterocycles. The van der Waals surface area contributed by atoms with Crippen molar-refractivity contribution in [2.24, 2.45) is 0 Å². The number of aryl methyl sites for hydroxylation is 3. The maximum Gasteiger partial charge on any atom is 0.288 e. The zero-order chi connectivity index (χ0) is 11.5. The Bertz CT molecular complexity index is 549. The van der Waals surface area contributed by atoms with E-state index in [9.17, 15) is 4.79 Å². The molecule has 0 radical (unpaired) electrons. The lowest BCUT2D eigenvalue weighted by Gasteiger charge is -2.04. The Morgan fingerprint density at radius 2 is 2.31 bits per heavy atom. The Kier molecular flexibility index (Phi) is 3.36. The van der Waals surface area contributed by atoms with Gasteiger partial charge < -0.3 is 4.57 Å². The van der Waals surface area contributed by atoms with Crippen molar-refractivity contribution in [2.75, 3.05) is 0 Å². The van der Waals surface area contributed by atoms with Crippen LogP contribution < -0.4 is 5.56 Å². The van der Waals surface area contributed by atoms with Gasteiger partial charge in [-0.05, 0) is 6.92 Å². The van der Waals surface area contributed by atoms with Crippen LogP contribution in [0.2, 0.25) is 5.15 Å². The SMILES string of the molecule is Cc1ncsc1CCn1ccnc(Cl)c1=O. The van der Waals surface area contributed by atoms with Crippen molar-refractivity contribution in [1.29, 1.82) is 0 Å². The van der Waals surface area contributed by atoms with Gasteiger partial charge in [-0.2, -0.15) is 0 Å². The molecule has 4 nitrogen and oxygen atoms in total. The van der Waals surface area contributed by atoms with Crippen molar-refractivity contribution in [3.63, 3.8) is 0 Å². The van der Waals surface area contributed by atoms with Gasteiger partial charge >= 0.3 is 0 Å². The van der Waals surface area contributed by atoms with Gasteiger partial charge in [-0.25, -0.2) is 9.97 Å². The summed E-state index contributed by atoms with van der Waals surface area (Å²) in [5.74, 6) is 0. The molecule has 0 spiro atoms. The van der Waals surface area contributed by atoms with Crippen molar-refractivity contribution >= 4 is 22.9 Å². The number of thiazole rings is 1. The van der Waals surface area contributed by atoms with E-state index in [1.165, 1.54) is 11.1 Å². The van der Waals surface area contributed by atoms with E-state index in [2.05, 4.69) is 9.97 Å². The van der Waals surface area contributed by atoms with Gasteiger partial charge in [0.1, 0.15) is 0 Å². The number of hydrogen-bond acceptors (Lipinski definition) is 4. The summed E-state index contributed by atoms with van der Waals surface area (Å²) in [7, 11) is 0. The molecule has 6 heteroatoms. The molecule has 0 aliphatic carbocycles. The predicted octanol–water partition coefficient (Wildman–Crippen LogP) is 1.90. The maximum atomic E-state index is 11.6. The number of halogens is 1. The van der Waals surface area contributed by atoms with Gasteiger partial charge in [-0.15, -0.1) is 11.3 Å². The monoisotopic (exact) mass is 255 g/mol. The number of rotatable bonds is 3. The van der Waals surface area contributed by atoms with Crippen LogP contribution in [0, 0.1) is 6.92 Å². The largest absolute Gasteiger partial charge is 0.311 e. The Balaban J connectivity index is 2.14. The van der Waals surface area contributed by atoms with E-state index in [4.69, 9.17) is 11.6 Å². The molecule has 0 aliphatic rings. The van der Waals surface area contributed by atoms with E-state index in [0.29, 0.717) is 6.54 Å². The summed E-state index contributed by atoms with van der Waals surface area (Å²) in [6.45, 7) is 2.57. The summed E-state index contributed by atoms with van der Waals surface area (Å²) in [6, 6.07) is 0. The fraction of sp³-hybridized carbons (Fsp3) is 0.300. The predicted molar refractivity (Wildman–Crippen MR) is 64.1 cm³/mol. The summed E-state index contributed by atoms with van der Waals surface area (Å²) in [4.78, 5) is 20.6.